The summed E-state index contributed by atoms with van der Waals surface area (Å²) in [6, 6.07) is 6.20. The predicted octanol–water partition coefficient (Wildman–Crippen LogP) is 5.01. The van der Waals surface area contributed by atoms with Gasteiger partial charge in [-0.05, 0) is 30.9 Å². The van der Waals surface area contributed by atoms with Crippen LogP contribution in [0.25, 0.3) is 0 Å². The van der Waals surface area contributed by atoms with E-state index in [4.69, 9.17) is 0 Å². The zero-order valence-electron chi connectivity index (χ0n) is 11.5. The van der Waals surface area contributed by atoms with Crippen LogP contribution >= 0.6 is 0 Å². The van der Waals surface area contributed by atoms with E-state index in [-0.39, 0.29) is 0 Å². The second-order valence-electron chi connectivity index (χ2n) is 4.98. The molecule has 0 fully saturated rings. The molecule has 0 aromatic carbocycles. The molecule has 1 rings (SSSR count). The Morgan fingerprint density at radius 2 is 1.94 bits per heavy atom. The summed E-state index contributed by atoms with van der Waals surface area (Å²) in [6.07, 6.45) is 12.6. The minimum absolute atomic E-state index is 0.967. The van der Waals surface area contributed by atoms with Crippen molar-refractivity contribution >= 4 is 0 Å². The molecule has 0 saturated heterocycles. The third kappa shape index (κ3) is 6.45. The molecule has 0 aliphatic carbocycles. The fourth-order valence-electron chi connectivity index (χ4n) is 2.42. The highest BCUT2D eigenvalue weighted by Crippen LogP contribution is 2.19. The first kappa shape index (κ1) is 14.2. The van der Waals surface area contributed by atoms with E-state index in [1.807, 2.05) is 12.3 Å². The van der Waals surface area contributed by atoms with Gasteiger partial charge >= 0.3 is 0 Å². The van der Waals surface area contributed by atoms with Crippen molar-refractivity contribution in [1.82, 2.24) is 4.98 Å². The summed E-state index contributed by atoms with van der Waals surface area (Å²) in [4.78, 5) is 4.36. The lowest BCUT2D eigenvalue weighted by Gasteiger charge is -2.12. The number of nitrogens with zero attached hydrogens (tertiary/aromatic N) is 1. The van der Waals surface area contributed by atoms with Gasteiger partial charge in [0.05, 0.1) is 0 Å². The number of rotatable bonds is 9. The highest BCUT2D eigenvalue weighted by molar-refractivity contribution is 5.03. The van der Waals surface area contributed by atoms with Crippen LogP contribution in [0.5, 0.6) is 0 Å². The fourth-order valence-corrected chi connectivity index (χ4v) is 2.42. The molecule has 1 aromatic heterocycles. The Kier molecular flexibility index (Phi) is 7.70. The Labute approximate surface area is 107 Å². The molecular formula is C16H27N. The second-order valence-corrected chi connectivity index (χ2v) is 4.98. The summed E-state index contributed by atoms with van der Waals surface area (Å²) in [5.41, 5.74) is 1.24. The molecule has 0 saturated carbocycles. The molecule has 1 aromatic rings. The number of aryl methyl sites for hydroxylation is 1. The molecule has 0 spiro atoms. The fraction of sp³-hybridized carbons (Fsp3) is 0.688. The van der Waals surface area contributed by atoms with Gasteiger partial charge in [0.1, 0.15) is 0 Å². The lowest BCUT2D eigenvalue weighted by atomic mass is 9.94. The summed E-state index contributed by atoms with van der Waals surface area (Å²) in [5, 5.41) is 0. The molecule has 17 heavy (non-hydrogen) atoms. The van der Waals surface area contributed by atoms with Crippen LogP contribution in [0.2, 0.25) is 0 Å². The second kappa shape index (κ2) is 9.21. The van der Waals surface area contributed by atoms with Crippen molar-refractivity contribution in [2.24, 2.45) is 5.92 Å². The Balaban J connectivity index is 2.04. The Bertz CT molecular complexity index is 268. The molecule has 1 unspecified atom stereocenters. The summed E-state index contributed by atoms with van der Waals surface area (Å²) in [6.45, 7) is 4.62. The Morgan fingerprint density at radius 1 is 1.06 bits per heavy atom. The van der Waals surface area contributed by atoms with E-state index in [0.717, 1.165) is 12.3 Å². The van der Waals surface area contributed by atoms with Crippen LogP contribution in [0.15, 0.2) is 24.4 Å². The van der Waals surface area contributed by atoms with E-state index >= 15 is 0 Å². The summed E-state index contributed by atoms with van der Waals surface area (Å²) in [7, 11) is 0. The third-order valence-corrected chi connectivity index (χ3v) is 3.55. The highest BCUT2D eigenvalue weighted by Gasteiger charge is 2.04. The van der Waals surface area contributed by atoms with Gasteiger partial charge in [-0.2, -0.15) is 0 Å². The SMILES string of the molecule is CCCC(CC)CCCCCc1ccccn1. The first-order chi connectivity index (χ1) is 8.36. The Hall–Kier alpha value is -0.850. The first-order valence-corrected chi connectivity index (χ1v) is 7.26. The van der Waals surface area contributed by atoms with E-state index < -0.39 is 0 Å². The Morgan fingerprint density at radius 3 is 2.59 bits per heavy atom. The van der Waals surface area contributed by atoms with Gasteiger partial charge in [-0.1, -0.05) is 58.4 Å². The molecule has 1 nitrogen and oxygen atoms in total. The van der Waals surface area contributed by atoms with Crippen LogP contribution in [0, 0.1) is 5.92 Å². The van der Waals surface area contributed by atoms with E-state index in [0.29, 0.717) is 0 Å². The van der Waals surface area contributed by atoms with Gasteiger partial charge < -0.3 is 0 Å². The minimum atomic E-state index is 0.967. The van der Waals surface area contributed by atoms with Crippen LogP contribution in [0.3, 0.4) is 0 Å². The van der Waals surface area contributed by atoms with Crippen LogP contribution in [-0.4, -0.2) is 4.98 Å². The van der Waals surface area contributed by atoms with Gasteiger partial charge in [0, 0.05) is 11.9 Å². The zero-order valence-corrected chi connectivity index (χ0v) is 11.5. The molecule has 0 amide bonds. The van der Waals surface area contributed by atoms with E-state index in [2.05, 4.69) is 31.0 Å². The lowest BCUT2D eigenvalue weighted by molar-refractivity contribution is 0.410. The van der Waals surface area contributed by atoms with Crippen molar-refractivity contribution in [1.29, 1.82) is 0 Å². The van der Waals surface area contributed by atoms with Gasteiger partial charge in [0.2, 0.25) is 0 Å². The summed E-state index contributed by atoms with van der Waals surface area (Å²) >= 11 is 0. The van der Waals surface area contributed by atoms with Crippen molar-refractivity contribution in [3.05, 3.63) is 30.1 Å². The molecule has 96 valence electrons. The topological polar surface area (TPSA) is 12.9 Å². The quantitative estimate of drug-likeness (QED) is 0.546. The standard InChI is InChI=1S/C16H27N/c1-3-10-15(4-2)11-6-5-7-12-16-13-8-9-14-17-16/h8-9,13-15H,3-7,10-12H2,1-2H3. The molecule has 1 heterocycles. The molecule has 0 aliphatic rings. The predicted molar refractivity (Wildman–Crippen MR) is 75.1 cm³/mol. The van der Waals surface area contributed by atoms with E-state index in [9.17, 15) is 0 Å². The monoisotopic (exact) mass is 233 g/mol. The number of pyridine rings is 1. The lowest BCUT2D eigenvalue weighted by Crippen LogP contribution is -1.98. The van der Waals surface area contributed by atoms with Crippen molar-refractivity contribution in [2.75, 3.05) is 0 Å². The van der Waals surface area contributed by atoms with Crippen LogP contribution in [0.1, 0.15) is 64.5 Å². The minimum Gasteiger partial charge on any atom is -0.261 e. The average Bonchev–Trinajstić information content (AvgIpc) is 2.38. The smallest absolute Gasteiger partial charge is 0.0403 e. The number of hydrogen-bond acceptors (Lipinski definition) is 1. The van der Waals surface area contributed by atoms with E-state index in [1.165, 1.54) is 50.6 Å². The molecule has 0 bridgehead atoms. The summed E-state index contributed by atoms with van der Waals surface area (Å²) < 4.78 is 0. The molecule has 1 heteroatoms. The summed E-state index contributed by atoms with van der Waals surface area (Å²) in [5.74, 6) is 0.967. The largest absolute Gasteiger partial charge is 0.261 e. The maximum atomic E-state index is 4.36. The molecule has 0 aliphatic heterocycles. The molecule has 1 atom stereocenters. The number of hydrogen-bond donors (Lipinski definition) is 0. The van der Waals surface area contributed by atoms with Gasteiger partial charge in [-0.3, -0.25) is 4.98 Å². The maximum absolute atomic E-state index is 4.36. The van der Waals surface area contributed by atoms with Crippen molar-refractivity contribution < 1.29 is 0 Å². The third-order valence-electron chi connectivity index (χ3n) is 3.55. The zero-order chi connectivity index (χ0) is 12.3. The average molecular weight is 233 g/mol. The van der Waals surface area contributed by atoms with Crippen LogP contribution in [-0.2, 0) is 6.42 Å². The highest BCUT2D eigenvalue weighted by atomic mass is 14.7. The van der Waals surface area contributed by atoms with Gasteiger partial charge in [-0.25, -0.2) is 0 Å². The maximum Gasteiger partial charge on any atom is 0.0403 e. The van der Waals surface area contributed by atoms with Crippen molar-refractivity contribution in [2.45, 2.75) is 65.2 Å². The molecule has 0 radical (unpaired) electrons. The van der Waals surface area contributed by atoms with Crippen LogP contribution in [0.4, 0.5) is 0 Å². The van der Waals surface area contributed by atoms with Gasteiger partial charge in [-0.15, -0.1) is 0 Å². The first-order valence-electron chi connectivity index (χ1n) is 7.26. The van der Waals surface area contributed by atoms with Crippen LogP contribution < -0.4 is 0 Å². The van der Waals surface area contributed by atoms with Gasteiger partial charge in [0.15, 0.2) is 0 Å². The van der Waals surface area contributed by atoms with E-state index in [1.54, 1.807) is 0 Å². The number of aromatic nitrogens is 1. The molecular weight excluding hydrogens is 206 g/mol. The number of unbranched alkanes of at least 4 members (excludes halogenated alkanes) is 2. The van der Waals surface area contributed by atoms with Crippen molar-refractivity contribution in [3.63, 3.8) is 0 Å². The molecule has 0 N–H and O–H groups in total. The van der Waals surface area contributed by atoms with Gasteiger partial charge in [0.25, 0.3) is 0 Å². The normalized spacial score (nSPS) is 12.6. The van der Waals surface area contributed by atoms with Crippen molar-refractivity contribution in [3.8, 4) is 0 Å².